The van der Waals surface area contributed by atoms with Crippen LogP contribution in [0.4, 0.5) is 0 Å². The third-order valence-electron chi connectivity index (χ3n) is 3.96. The molecule has 0 bridgehead atoms. The summed E-state index contributed by atoms with van der Waals surface area (Å²) in [5, 5.41) is 3.46. The highest BCUT2D eigenvalue weighted by Crippen LogP contribution is 2.28. The number of methoxy groups -OCH3 is 1. The van der Waals surface area contributed by atoms with Crippen LogP contribution in [0.2, 0.25) is 0 Å². The van der Waals surface area contributed by atoms with Crippen molar-refractivity contribution in [2.45, 2.75) is 51.7 Å². The highest BCUT2D eigenvalue weighted by Gasteiger charge is 2.14. The molecule has 1 aliphatic rings. The van der Waals surface area contributed by atoms with E-state index in [4.69, 9.17) is 14.2 Å². The molecule has 1 fully saturated rings. The number of benzene rings is 1. The smallest absolute Gasteiger partial charge is 0.161 e. The van der Waals surface area contributed by atoms with Crippen molar-refractivity contribution in [1.82, 2.24) is 5.32 Å². The molecule has 1 N–H and O–H groups in total. The Morgan fingerprint density at radius 3 is 2.91 bits per heavy atom. The molecular formula is C18H29NO3. The van der Waals surface area contributed by atoms with Crippen LogP contribution in [0.25, 0.3) is 0 Å². The van der Waals surface area contributed by atoms with Crippen LogP contribution >= 0.6 is 0 Å². The summed E-state index contributed by atoms with van der Waals surface area (Å²) in [4.78, 5) is 0. The van der Waals surface area contributed by atoms with Crippen LogP contribution in [0.15, 0.2) is 18.2 Å². The monoisotopic (exact) mass is 307 g/mol. The SMILES string of the molecule is CCCCCOc1cc(CNCC2CCCO2)ccc1OC. The van der Waals surface area contributed by atoms with E-state index < -0.39 is 0 Å². The van der Waals surface area contributed by atoms with Gasteiger partial charge in [-0.15, -0.1) is 0 Å². The van der Waals surface area contributed by atoms with Crippen LogP contribution in [-0.2, 0) is 11.3 Å². The molecule has 0 amide bonds. The minimum absolute atomic E-state index is 0.378. The van der Waals surface area contributed by atoms with Gasteiger partial charge >= 0.3 is 0 Å². The molecular weight excluding hydrogens is 278 g/mol. The second kappa shape index (κ2) is 9.70. The summed E-state index contributed by atoms with van der Waals surface area (Å²) in [5.74, 6) is 1.65. The Balaban J connectivity index is 1.82. The average Bonchev–Trinajstić information content (AvgIpc) is 3.05. The molecule has 4 heteroatoms. The standard InChI is InChI=1S/C18H29NO3/c1-3-4-5-10-22-18-12-15(8-9-17(18)20-2)13-19-14-16-7-6-11-21-16/h8-9,12,16,19H,3-7,10-11,13-14H2,1-2H3. The van der Waals surface area contributed by atoms with Crippen molar-refractivity contribution in [2.75, 3.05) is 26.9 Å². The van der Waals surface area contributed by atoms with E-state index in [2.05, 4.69) is 24.4 Å². The summed E-state index contributed by atoms with van der Waals surface area (Å²) in [6, 6.07) is 6.14. The van der Waals surface area contributed by atoms with E-state index in [0.717, 1.165) is 44.2 Å². The van der Waals surface area contributed by atoms with Gasteiger partial charge in [0.2, 0.25) is 0 Å². The molecule has 1 aromatic rings. The number of rotatable bonds is 10. The molecule has 4 nitrogen and oxygen atoms in total. The van der Waals surface area contributed by atoms with Gasteiger partial charge in [0.25, 0.3) is 0 Å². The first-order valence-corrected chi connectivity index (χ1v) is 8.45. The summed E-state index contributed by atoms with van der Waals surface area (Å²) in [6.45, 7) is 5.59. The lowest BCUT2D eigenvalue weighted by Crippen LogP contribution is -2.25. The molecule has 2 rings (SSSR count). The minimum atomic E-state index is 0.378. The second-order valence-corrected chi connectivity index (χ2v) is 5.81. The van der Waals surface area contributed by atoms with Crippen LogP contribution in [0, 0.1) is 0 Å². The van der Waals surface area contributed by atoms with Crippen LogP contribution in [0.1, 0.15) is 44.6 Å². The minimum Gasteiger partial charge on any atom is -0.493 e. The maximum absolute atomic E-state index is 5.87. The molecule has 0 aliphatic carbocycles. The lowest BCUT2D eigenvalue weighted by Gasteiger charge is -2.14. The quantitative estimate of drug-likeness (QED) is 0.671. The molecule has 1 atom stereocenters. The first kappa shape index (κ1) is 17.1. The molecule has 1 aromatic carbocycles. The van der Waals surface area contributed by atoms with Gasteiger partial charge in [-0.05, 0) is 37.0 Å². The van der Waals surface area contributed by atoms with Crippen molar-refractivity contribution in [2.24, 2.45) is 0 Å². The average molecular weight is 307 g/mol. The number of unbranched alkanes of at least 4 members (excludes halogenated alkanes) is 2. The van der Waals surface area contributed by atoms with E-state index in [9.17, 15) is 0 Å². The van der Waals surface area contributed by atoms with Crippen LogP contribution in [0.5, 0.6) is 11.5 Å². The fourth-order valence-electron chi connectivity index (χ4n) is 2.66. The summed E-state index contributed by atoms with van der Waals surface area (Å²) in [7, 11) is 1.68. The van der Waals surface area contributed by atoms with E-state index in [0.29, 0.717) is 6.10 Å². The zero-order valence-electron chi connectivity index (χ0n) is 13.9. The van der Waals surface area contributed by atoms with Crippen molar-refractivity contribution < 1.29 is 14.2 Å². The van der Waals surface area contributed by atoms with Crippen molar-refractivity contribution in [3.63, 3.8) is 0 Å². The third kappa shape index (κ3) is 5.50. The molecule has 22 heavy (non-hydrogen) atoms. The zero-order chi connectivity index (χ0) is 15.6. The van der Waals surface area contributed by atoms with E-state index >= 15 is 0 Å². The molecule has 1 saturated heterocycles. The lowest BCUT2D eigenvalue weighted by atomic mass is 10.2. The van der Waals surface area contributed by atoms with Gasteiger partial charge in [-0.1, -0.05) is 25.8 Å². The largest absolute Gasteiger partial charge is 0.493 e. The summed E-state index contributed by atoms with van der Waals surface area (Å²) >= 11 is 0. The fourth-order valence-corrected chi connectivity index (χ4v) is 2.66. The van der Waals surface area contributed by atoms with Gasteiger partial charge in [-0.25, -0.2) is 0 Å². The normalized spacial score (nSPS) is 17.6. The second-order valence-electron chi connectivity index (χ2n) is 5.81. The topological polar surface area (TPSA) is 39.7 Å². The van der Waals surface area contributed by atoms with Crippen molar-refractivity contribution in [3.05, 3.63) is 23.8 Å². The van der Waals surface area contributed by atoms with Crippen molar-refractivity contribution >= 4 is 0 Å². The summed E-state index contributed by atoms with van der Waals surface area (Å²) < 4.78 is 16.9. The Hall–Kier alpha value is -1.26. The van der Waals surface area contributed by atoms with Gasteiger partial charge in [-0.2, -0.15) is 0 Å². The predicted molar refractivity (Wildman–Crippen MR) is 88.7 cm³/mol. The molecule has 124 valence electrons. The third-order valence-corrected chi connectivity index (χ3v) is 3.96. The van der Waals surface area contributed by atoms with Crippen molar-refractivity contribution in [1.29, 1.82) is 0 Å². The first-order chi connectivity index (χ1) is 10.8. The van der Waals surface area contributed by atoms with Crippen LogP contribution in [-0.4, -0.2) is 33.0 Å². The Morgan fingerprint density at radius 2 is 2.18 bits per heavy atom. The molecule has 0 saturated carbocycles. The van der Waals surface area contributed by atoms with Crippen LogP contribution in [0.3, 0.4) is 0 Å². The highest BCUT2D eigenvalue weighted by atomic mass is 16.5. The van der Waals surface area contributed by atoms with Gasteiger partial charge in [0.15, 0.2) is 11.5 Å². The van der Waals surface area contributed by atoms with E-state index in [-0.39, 0.29) is 0 Å². The highest BCUT2D eigenvalue weighted by molar-refractivity contribution is 5.42. The Morgan fingerprint density at radius 1 is 1.27 bits per heavy atom. The Bertz CT molecular complexity index is 430. The van der Waals surface area contributed by atoms with Gasteiger partial charge in [0, 0.05) is 19.7 Å². The van der Waals surface area contributed by atoms with Crippen molar-refractivity contribution in [3.8, 4) is 11.5 Å². The number of ether oxygens (including phenoxy) is 3. The lowest BCUT2D eigenvalue weighted by molar-refractivity contribution is 0.110. The molecule has 1 aliphatic heterocycles. The number of hydrogen-bond acceptors (Lipinski definition) is 4. The maximum Gasteiger partial charge on any atom is 0.161 e. The molecule has 0 radical (unpaired) electrons. The van der Waals surface area contributed by atoms with Gasteiger partial charge in [-0.3, -0.25) is 0 Å². The Kier molecular flexibility index (Phi) is 7.54. The van der Waals surface area contributed by atoms with E-state index in [1.807, 2.05) is 6.07 Å². The van der Waals surface area contributed by atoms with Gasteiger partial charge in [0.1, 0.15) is 0 Å². The molecule has 1 unspecified atom stereocenters. The predicted octanol–water partition coefficient (Wildman–Crippen LogP) is 3.53. The first-order valence-electron chi connectivity index (χ1n) is 8.45. The maximum atomic E-state index is 5.87. The molecule has 1 heterocycles. The molecule has 0 aromatic heterocycles. The zero-order valence-corrected chi connectivity index (χ0v) is 13.9. The number of nitrogens with one attached hydrogen (secondary N) is 1. The molecule has 0 spiro atoms. The van der Waals surface area contributed by atoms with Gasteiger partial charge in [0.05, 0.1) is 19.8 Å². The Labute approximate surface area is 134 Å². The summed E-state index contributed by atoms with van der Waals surface area (Å²) in [6.07, 6.45) is 6.22. The van der Waals surface area contributed by atoms with Gasteiger partial charge < -0.3 is 19.5 Å². The van der Waals surface area contributed by atoms with E-state index in [1.165, 1.54) is 31.2 Å². The fraction of sp³-hybridized carbons (Fsp3) is 0.667. The van der Waals surface area contributed by atoms with Crippen LogP contribution < -0.4 is 14.8 Å². The summed E-state index contributed by atoms with van der Waals surface area (Å²) in [5.41, 5.74) is 1.21. The number of hydrogen-bond donors (Lipinski definition) is 1. The van der Waals surface area contributed by atoms with E-state index in [1.54, 1.807) is 7.11 Å².